The van der Waals surface area contributed by atoms with Gasteiger partial charge in [-0.25, -0.2) is 8.42 Å². The molecule has 0 spiro atoms. The first-order chi connectivity index (χ1) is 11.2. The lowest BCUT2D eigenvalue weighted by Crippen LogP contribution is -2.51. The molecule has 0 radical (unpaired) electrons. The van der Waals surface area contributed by atoms with Crippen LogP contribution in [0, 0.1) is 6.92 Å². The van der Waals surface area contributed by atoms with Crippen molar-refractivity contribution in [2.75, 3.05) is 39.0 Å². The molecule has 1 aromatic rings. The molecule has 0 bridgehead atoms. The fourth-order valence-electron chi connectivity index (χ4n) is 2.33. The summed E-state index contributed by atoms with van der Waals surface area (Å²) in [5, 5.41) is 12.5. The summed E-state index contributed by atoms with van der Waals surface area (Å²) in [5.41, 5.74) is 0.577. The van der Waals surface area contributed by atoms with Gasteiger partial charge in [-0.15, -0.1) is 0 Å². The summed E-state index contributed by atoms with van der Waals surface area (Å²) >= 11 is 0. The standard InChI is InChI=1S/C13H19N3O7S/c1-9-5-11(23-14-9)13(19)15-3-4-22-10(6-15)7-16(8-12(17)18)24(2,20)21/h5,10H,3-4,6-8H2,1-2H3,(H,17,18). The predicted octanol–water partition coefficient (Wildman–Crippen LogP) is -0.830. The van der Waals surface area contributed by atoms with Gasteiger partial charge in [-0.05, 0) is 6.92 Å². The molecular formula is C13H19N3O7S. The van der Waals surface area contributed by atoms with Crippen LogP contribution in [0.1, 0.15) is 16.2 Å². The number of rotatable bonds is 6. The van der Waals surface area contributed by atoms with Gasteiger partial charge in [-0.1, -0.05) is 5.16 Å². The van der Waals surface area contributed by atoms with Crippen LogP contribution in [-0.2, 0) is 19.6 Å². The lowest BCUT2D eigenvalue weighted by Gasteiger charge is -2.34. The van der Waals surface area contributed by atoms with Crippen LogP contribution in [0.25, 0.3) is 0 Å². The molecule has 11 heteroatoms. The molecule has 1 aliphatic heterocycles. The molecule has 1 amide bonds. The number of sulfonamides is 1. The van der Waals surface area contributed by atoms with Crippen LogP contribution >= 0.6 is 0 Å². The zero-order valence-corrected chi connectivity index (χ0v) is 14.2. The van der Waals surface area contributed by atoms with Crippen molar-refractivity contribution < 1.29 is 32.4 Å². The molecule has 24 heavy (non-hydrogen) atoms. The third kappa shape index (κ3) is 4.76. The Kier molecular flexibility index (Phi) is 5.57. The zero-order chi connectivity index (χ0) is 17.9. The highest BCUT2D eigenvalue weighted by atomic mass is 32.2. The van der Waals surface area contributed by atoms with Gasteiger partial charge in [0.15, 0.2) is 0 Å². The number of aryl methyl sites for hydroxylation is 1. The maximum absolute atomic E-state index is 12.3. The van der Waals surface area contributed by atoms with E-state index in [1.807, 2.05) is 0 Å². The van der Waals surface area contributed by atoms with Gasteiger partial charge in [0.1, 0.15) is 6.54 Å². The number of aliphatic carboxylic acids is 1. The minimum atomic E-state index is -3.71. The Morgan fingerprint density at radius 3 is 2.75 bits per heavy atom. The van der Waals surface area contributed by atoms with E-state index in [4.69, 9.17) is 14.4 Å². The Hall–Kier alpha value is -1.98. The second kappa shape index (κ2) is 7.28. The molecule has 1 aromatic heterocycles. The zero-order valence-electron chi connectivity index (χ0n) is 13.3. The van der Waals surface area contributed by atoms with Crippen molar-refractivity contribution in [2.24, 2.45) is 0 Å². The number of amides is 1. The summed E-state index contributed by atoms with van der Waals surface area (Å²) in [6.07, 6.45) is 0.305. The molecule has 0 saturated carbocycles. The largest absolute Gasteiger partial charge is 0.480 e. The van der Waals surface area contributed by atoms with E-state index >= 15 is 0 Å². The van der Waals surface area contributed by atoms with E-state index in [-0.39, 0.29) is 31.4 Å². The normalized spacial score (nSPS) is 18.8. The first-order valence-corrected chi connectivity index (χ1v) is 9.02. The first-order valence-electron chi connectivity index (χ1n) is 7.18. The fraction of sp³-hybridized carbons (Fsp3) is 0.615. The highest BCUT2D eigenvalue weighted by Crippen LogP contribution is 2.13. The number of aromatic nitrogens is 1. The van der Waals surface area contributed by atoms with Crippen molar-refractivity contribution in [3.8, 4) is 0 Å². The molecule has 1 aliphatic rings. The quantitative estimate of drug-likeness (QED) is 0.695. The van der Waals surface area contributed by atoms with E-state index in [0.717, 1.165) is 10.6 Å². The smallest absolute Gasteiger partial charge is 0.318 e. The Labute approximate surface area is 139 Å². The minimum absolute atomic E-state index is 0.0960. The average molecular weight is 361 g/mol. The number of ether oxygens (including phenoxy) is 1. The van der Waals surface area contributed by atoms with Crippen molar-refractivity contribution in [1.29, 1.82) is 0 Å². The van der Waals surface area contributed by atoms with Crippen LogP contribution < -0.4 is 0 Å². The molecule has 1 saturated heterocycles. The summed E-state index contributed by atoms with van der Waals surface area (Å²) in [5.74, 6) is -1.53. The van der Waals surface area contributed by atoms with E-state index < -0.39 is 28.6 Å². The average Bonchev–Trinajstić information content (AvgIpc) is 2.91. The highest BCUT2D eigenvalue weighted by molar-refractivity contribution is 7.88. The SMILES string of the molecule is Cc1cc(C(=O)N2CCOC(CN(CC(=O)O)S(C)(=O)=O)C2)on1. The number of carbonyl (C=O) groups excluding carboxylic acids is 1. The molecule has 1 atom stereocenters. The summed E-state index contributed by atoms with van der Waals surface area (Å²) in [7, 11) is -3.71. The number of carboxylic acids is 1. The third-order valence-electron chi connectivity index (χ3n) is 3.45. The van der Waals surface area contributed by atoms with Crippen molar-refractivity contribution in [1.82, 2.24) is 14.4 Å². The van der Waals surface area contributed by atoms with Crippen LogP contribution in [-0.4, -0.2) is 84.9 Å². The molecule has 1 unspecified atom stereocenters. The molecule has 134 valence electrons. The molecule has 2 rings (SSSR count). The Bertz CT molecular complexity index is 715. The van der Waals surface area contributed by atoms with E-state index in [9.17, 15) is 18.0 Å². The monoisotopic (exact) mass is 361 g/mol. The predicted molar refractivity (Wildman–Crippen MR) is 80.9 cm³/mol. The Morgan fingerprint density at radius 1 is 1.50 bits per heavy atom. The van der Waals surface area contributed by atoms with E-state index in [1.54, 1.807) is 6.92 Å². The summed E-state index contributed by atoms with van der Waals surface area (Å²) in [6.45, 7) is 1.56. The second-order valence-corrected chi connectivity index (χ2v) is 7.51. The Morgan fingerprint density at radius 2 is 2.21 bits per heavy atom. The highest BCUT2D eigenvalue weighted by Gasteiger charge is 2.31. The van der Waals surface area contributed by atoms with Crippen LogP contribution in [0.3, 0.4) is 0 Å². The molecular weight excluding hydrogens is 342 g/mol. The maximum Gasteiger partial charge on any atom is 0.318 e. The third-order valence-corrected chi connectivity index (χ3v) is 4.67. The Balaban J connectivity index is 2.04. The second-order valence-electron chi connectivity index (χ2n) is 5.53. The summed E-state index contributed by atoms with van der Waals surface area (Å²) in [6, 6.07) is 1.51. The lowest BCUT2D eigenvalue weighted by molar-refractivity contribution is -0.137. The van der Waals surface area contributed by atoms with Gasteiger partial charge in [0.05, 0.1) is 24.7 Å². The fourth-order valence-corrected chi connectivity index (χ4v) is 3.11. The van der Waals surface area contributed by atoms with Gasteiger partial charge < -0.3 is 19.3 Å². The van der Waals surface area contributed by atoms with Gasteiger partial charge in [-0.2, -0.15) is 4.31 Å². The molecule has 2 heterocycles. The molecule has 0 aromatic carbocycles. The number of carboxylic acid groups (broad SMARTS) is 1. The van der Waals surface area contributed by atoms with E-state index in [2.05, 4.69) is 5.16 Å². The summed E-state index contributed by atoms with van der Waals surface area (Å²) < 4.78 is 34.6. The van der Waals surface area contributed by atoms with Gasteiger partial charge in [0, 0.05) is 25.7 Å². The van der Waals surface area contributed by atoms with Gasteiger partial charge >= 0.3 is 5.97 Å². The van der Waals surface area contributed by atoms with E-state index in [0.29, 0.717) is 12.2 Å². The van der Waals surface area contributed by atoms with Gasteiger partial charge in [0.25, 0.3) is 5.91 Å². The van der Waals surface area contributed by atoms with Crippen LogP contribution in [0.4, 0.5) is 0 Å². The first kappa shape index (κ1) is 18.4. The number of hydrogen-bond acceptors (Lipinski definition) is 7. The van der Waals surface area contributed by atoms with Crippen molar-refractivity contribution in [2.45, 2.75) is 13.0 Å². The topological polar surface area (TPSA) is 130 Å². The number of nitrogens with zero attached hydrogens (tertiary/aromatic N) is 3. The van der Waals surface area contributed by atoms with Crippen molar-refractivity contribution in [3.63, 3.8) is 0 Å². The van der Waals surface area contributed by atoms with Crippen molar-refractivity contribution >= 4 is 21.9 Å². The molecule has 10 nitrogen and oxygen atoms in total. The number of carbonyl (C=O) groups is 2. The van der Waals surface area contributed by atoms with Crippen LogP contribution in [0.2, 0.25) is 0 Å². The molecule has 0 aliphatic carbocycles. The molecule has 1 fully saturated rings. The molecule has 1 N–H and O–H groups in total. The van der Waals surface area contributed by atoms with Gasteiger partial charge in [-0.3, -0.25) is 9.59 Å². The van der Waals surface area contributed by atoms with Crippen LogP contribution in [0.15, 0.2) is 10.6 Å². The van der Waals surface area contributed by atoms with Gasteiger partial charge in [0.2, 0.25) is 15.8 Å². The maximum atomic E-state index is 12.3. The number of hydrogen-bond donors (Lipinski definition) is 1. The number of morpholine rings is 1. The lowest BCUT2D eigenvalue weighted by atomic mass is 10.2. The van der Waals surface area contributed by atoms with Crippen molar-refractivity contribution in [3.05, 3.63) is 17.5 Å². The summed E-state index contributed by atoms with van der Waals surface area (Å²) in [4.78, 5) is 24.6. The van der Waals surface area contributed by atoms with Crippen LogP contribution in [0.5, 0.6) is 0 Å². The van der Waals surface area contributed by atoms with E-state index in [1.165, 1.54) is 11.0 Å². The minimum Gasteiger partial charge on any atom is -0.480 e.